The summed E-state index contributed by atoms with van der Waals surface area (Å²) in [6, 6.07) is 10.1. The van der Waals surface area contributed by atoms with Gasteiger partial charge in [0.1, 0.15) is 0 Å². The van der Waals surface area contributed by atoms with Crippen LogP contribution in [0.5, 0.6) is 17.2 Å². The summed E-state index contributed by atoms with van der Waals surface area (Å²) in [5, 5.41) is 11.4. The van der Waals surface area contributed by atoms with E-state index in [1.54, 1.807) is 17.9 Å². The highest BCUT2D eigenvalue weighted by Gasteiger charge is 2.32. The number of amides is 1. The molecule has 30 heavy (non-hydrogen) atoms. The van der Waals surface area contributed by atoms with E-state index in [2.05, 4.69) is 0 Å². The smallest absolute Gasteiger partial charge is 0.311 e. The Kier molecular flexibility index (Phi) is 5.74. The topological polar surface area (TPSA) is 91.1 Å². The van der Waals surface area contributed by atoms with Crippen LogP contribution >= 0.6 is 0 Å². The predicted molar refractivity (Wildman–Crippen MR) is 109 cm³/mol. The summed E-state index contributed by atoms with van der Waals surface area (Å²) in [7, 11) is 0. The first-order chi connectivity index (χ1) is 14.6. The number of likely N-dealkylation sites (tertiary alicyclic amines) is 1. The van der Waals surface area contributed by atoms with Gasteiger partial charge in [0.2, 0.25) is 0 Å². The summed E-state index contributed by atoms with van der Waals surface area (Å²) in [6.07, 6.45) is 2.52. The van der Waals surface area contributed by atoms with Gasteiger partial charge in [0.25, 0.3) is 5.91 Å². The van der Waals surface area contributed by atoms with Crippen molar-refractivity contribution in [1.82, 2.24) is 4.90 Å². The summed E-state index contributed by atoms with van der Waals surface area (Å²) < 4.78 is 16.8. The molecule has 0 aromatic heterocycles. The molecule has 2 aliphatic rings. The normalized spacial score (nSPS) is 18.0. The maximum atomic E-state index is 13.2. The van der Waals surface area contributed by atoms with Crippen molar-refractivity contribution in [3.63, 3.8) is 0 Å². The van der Waals surface area contributed by atoms with Crippen molar-refractivity contribution in [2.45, 2.75) is 32.2 Å². The molecule has 2 heterocycles. The average Bonchev–Trinajstić information content (AvgIpc) is 3.12. The van der Waals surface area contributed by atoms with E-state index < -0.39 is 4.92 Å². The highest BCUT2D eigenvalue weighted by molar-refractivity contribution is 5.95. The molecule has 8 nitrogen and oxygen atoms in total. The number of nitro groups is 1. The van der Waals surface area contributed by atoms with Crippen LogP contribution in [0.1, 0.15) is 48.1 Å². The van der Waals surface area contributed by atoms with Gasteiger partial charge in [-0.3, -0.25) is 14.9 Å². The van der Waals surface area contributed by atoms with Crippen LogP contribution in [0.25, 0.3) is 0 Å². The Morgan fingerprint density at radius 2 is 1.97 bits per heavy atom. The Morgan fingerprint density at radius 1 is 1.17 bits per heavy atom. The standard InChI is InChI=1S/C22H24N2O6/c1-2-28-19-8-7-16(13-18(19)24(26)27)22(25)23-10-3-5-17(23)15-6-9-20-21(14-15)30-12-4-11-29-20/h6-9,13-14,17H,2-5,10-12H2,1H3/t17-/m0/s1. The average molecular weight is 412 g/mol. The predicted octanol–water partition coefficient (Wildman–Crippen LogP) is 4.13. The van der Waals surface area contributed by atoms with Crippen LogP contribution in [0.2, 0.25) is 0 Å². The number of ether oxygens (including phenoxy) is 3. The Morgan fingerprint density at radius 3 is 2.73 bits per heavy atom. The number of nitro benzene ring substituents is 1. The zero-order valence-electron chi connectivity index (χ0n) is 16.8. The van der Waals surface area contributed by atoms with Crippen molar-refractivity contribution >= 4 is 11.6 Å². The van der Waals surface area contributed by atoms with Gasteiger partial charge in [-0.05, 0) is 49.6 Å². The third kappa shape index (κ3) is 3.90. The number of carbonyl (C=O) groups excluding carboxylic acids is 1. The number of fused-ring (bicyclic) bond motifs is 1. The van der Waals surface area contributed by atoms with Crippen molar-refractivity contribution in [3.05, 3.63) is 57.6 Å². The number of rotatable bonds is 5. The summed E-state index contributed by atoms with van der Waals surface area (Å²) in [5.41, 5.74) is 1.06. The summed E-state index contributed by atoms with van der Waals surface area (Å²) >= 11 is 0. The molecule has 158 valence electrons. The van der Waals surface area contributed by atoms with E-state index in [0.29, 0.717) is 37.9 Å². The number of carbonyl (C=O) groups is 1. The molecule has 0 aliphatic carbocycles. The number of nitrogens with zero attached hydrogens (tertiary/aromatic N) is 2. The van der Waals surface area contributed by atoms with Gasteiger partial charge in [-0.2, -0.15) is 0 Å². The molecule has 0 saturated carbocycles. The second-order valence-electron chi connectivity index (χ2n) is 7.29. The zero-order valence-corrected chi connectivity index (χ0v) is 16.8. The van der Waals surface area contributed by atoms with E-state index >= 15 is 0 Å². The molecule has 2 aromatic rings. The molecule has 0 bridgehead atoms. The van der Waals surface area contributed by atoms with Gasteiger partial charge >= 0.3 is 5.69 Å². The first kappa shape index (κ1) is 20.0. The molecule has 0 spiro atoms. The Labute approximate surface area is 174 Å². The largest absolute Gasteiger partial charge is 0.490 e. The quantitative estimate of drug-likeness (QED) is 0.542. The van der Waals surface area contributed by atoms with E-state index in [4.69, 9.17) is 14.2 Å². The third-order valence-electron chi connectivity index (χ3n) is 5.37. The van der Waals surface area contributed by atoms with Crippen LogP contribution < -0.4 is 14.2 Å². The SMILES string of the molecule is CCOc1ccc(C(=O)N2CCC[C@H]2c2ccc3c(c2)OCCCO3)cc1[N+](=O)[O-]. The fourth-order valence-corrected chi connectivity index (χ4v) is 3.98. The van der Waals surface area contributed by atoms with Crippen LogP contribution in [0.15, 0.2) is 36.4 Å². The number of hydrogen-bond donors (Lipinski definition) is 0. The van der Waals surface area contributed by atoms with Crippen molar-refractivity contribution in [3.8, 4) is 17.2 Å². The van der Waals surface area contributed by atoms with Gasteiger partial charge in [0, 0.05) is 24.6 Å². The molecule has 0 unspecified atom stereocenters. The van der Waals surface area contributed by atoms with E-state index in [9.17, 15) is 14.9 Å². The molecule has 1 atom stereocenters. The first-order valence-corrected chi connectivity index (χ1v) is 10.2. The van der Waals surface area contributed by atoms with Gasteiger partial charge in [-0.1, -0.05) is 6.07 Å². The lowest BCUT2D eigenvalue weighted by atomic mass is 10.0. The van der Waals surface area contributed by atoms with Crippen molar-refractivity contribution < 1.29 is 23.9 Å². The van der Waals surface area contributed by atoms with Crippen LogP contribution in [0, 0.1) is 10.1 Å². The maximum Gasteiger partial charge on any atom is 0.311 e. The van der Waals surface area contributed by atoms with Gasteiger partial charge in [0.05, 0.1) is 30.8 Å². The van der Waals surface area contributed by atoms with E-state index in [1.807, 2.05) is 18.2 Å². The molecule has 2 aromatic carbocycles. The summed E-state index contributed by atoms with van der Waals surface area (Å²) in [4.78, 5) is 25.9. The Bertz CT molecular complexity index is 961. The molecule has 1 saturated heterocycles. The second-order valence-corrected chi connectivity index (χ2v) is 7.29. The highest BCUT2D eigenvalue weighted by Crippen LogP contribution is 2.39. The van der Waals surface area contributed by atoms with Gasteiger partial charge in [0.15, 0.2) is 17.2 Å². The van der Waals surface area contributed by atoms with Crippen molar-refractivity contribution in [1.29, 1.82) is 0 Å². The molecule has 8 heteroatoms. The Hall–Kier alpha value is -3.29. The van der Waals surface area contributed by atoms with Crippen molar-refractivity contribution in [2.75, 3.05) is 26.4 Å². The minimum atomic E-state index is -0.521. The molecule has 0 N–H and O–H groups in total. The van der Waals surface area contributed by atoms with Crippen LogP contribution in [-0.4, -0.2) is 42.1 Å². The lowest BCUT2D eigenvalue weighted by Crippen LogP contribution is -2.30. The fourth-order valence-electron chi connectivity index (χ4n) is 3.98. The molecular weight excluding hydrogens is 388 g/mol. The second kappa shape index (κ2) is 8.61. The van der Waals surface area contributed by atoms with Gasteiger partial charge < -0.3 is 19.1 Å². The molecule has 1 fully saturated rings. The molecule has 0 radical (unpaired) electrons. The maximum absolute atomic E-state index is 13.2. The molecule has 4 rings (SSSR count). The lowest BCUT2D eigenvalue weighted by Gasteiger charge is -2.26. The van der Waals surface area contributed by atoms with Crippen LogP contribution in [-0.2, 0) is 0 Å². The molecular formula is C22H24N2O6. The van der Waals surface area contributed by atoms with Crippen LogP contribution in [0.3, 0.4) is 0 Å². The minimum absolute atomic E-state index is 0.111. The third-order valence-corrected chi connectivity index (χ3v) is 5.37. The van der Waals surface area contributed by atoms with E-state index in [0.717, 1.165) is 24.8 Å². The first-order valence-electron chi connectivity index (χ1n) is 10.2. The summed E-state index contributed by atoms with van der Waals surface area (Å²) in [6.45, 7) is 3.88. The van der Waals surface area contributed by atoms with Gasteiger partial charge in [-0.15, -0.1) is 0 Å². The lowest BCUT2D eigenvalue weighted by molar-refractivity contribution is -0.385. The monoisotopic (exact) mass is 412 g/mol. The van der Waals surface area contributed by atoms with Crippen molar-refractivity contribution in [2.24, 2.45) is 0 Å². The van der Waals surface area contributed by atoms with Crippen LogP contribution in [0.4, 0.5) is 5.69 Å². The zero-order chi connectivity index (χ0) is 21.1. The number of benzene rings is 2. The highest BCUT2D eigenvalue weighted by atomic mass is 16.6. The molecule has 2 aliphatic heterocycles. The molecule has 1 amide bonds. The fraction of sp³-hybridized carbons (Fsp3) is 0.409. The van der Waals surface area contributed by atoms with E-state index in [-0.39, 0.29) is 28.9 Å². The number of hydrogen-bond acceptors (Lipinski definition) is 6. The summed E-state index contributed by atoms with van der Waals surface area (Å²) in [5.74, 6) is 1.35. The van der Waals surface area contributed by atoms with E-state index in [1.165, 1.54) is 12.1 Å². The minimum Gasteiger partial charge on any atom is -0.490 e. The Balaban J connectivity index is 1.61. The van der Waals surface area contributed by atoms with Gasteiger partial charge in [-0.25, -0.2) is 0 Å².